The number of hydrogen-bond donors (Lipinski definition) is 0. The summed E-state index contributed by atoms with van der Waals surface area (Å²) >= 11 is 0. The van der Waals surface area contributed by atoms with Crippen molar-refractivity contribution in [2.24, 2.45) is 0 Å². The van der Waals surface area contributed by atoms with Crippen molar-refractivity contribution in [3.8, 4) is 0 Å². The first-order chi connectivity index (χ1) is 12.1. The second-order valence-electron chi connectivity index (χ2n) is 6.87. The van der Waals surface area contributed by atoms with Crippen LogP contribution in [-0.2, 0) is 16.0 Å². The molecule has 2 fully saturated rings. The number of carbonyl (C=O) groups excluding carboxylic acids is 2. The van der Waals surface area contributed by atoms with Gasteiger partial charge in [0.05, 0.1) is 6.54 Å². The van der Waals surface area contributed by atoms with Crippen molar-refractivity contribution >= 4 is 11.8 Å². The zero-order valence-corrected chi connectivity index (χ0v) is 14.6. The molecular formula is C19H26FN3O2. The van der Waals surface area contributed by atoms with Gasteiger partial charge in [-0.3, -0.25) is 14.5 Å². The zero-order chi connectivity index (χ0) is 17.6. The molecule has 0 aromatic heterocycles. The predicted octanol–water partition coefficient (Wildman–Crippen LogP) is 1.52. The molecule has 2 saturated heterocycles. The third-order valence-corrected chi connectivity index (χ3v) is 5.06. The Hall–Kier alpha value is -1.95. The summed E-state index contributed by atoms with van der Waals surface area (Å²) in [5.74, 6) is 0.0550. The zero-order valence-electron chi connectivity index (χ0n) is 14.6. The number of nitrogens with zero attached hydrogens (tertiary/aromatic N) is 3. The standard InChI is InChI=1S/C19H26FN3O2/c20-17-5-3-4-16(14-17)6-7-18(24)23-12-10-21(11-13-23)15-19(25)22-8-1-2-9-22/h3-5,14H,1-2,6-13,15H2. The van der Waals surface area contributed by atoms with Gasteiger partial charge in [-0.15, -0.1) is 0 Å². The third-order valence-electron chi connectivity index (χ3n) is 5.06. The van der Waals surface area contributed by atoms with Crippen molar-refractivity contribution in [1.82, 2.24) is 14.7 Å². The summed E-state index contributed by atoms with van der Waals surface area (Å²) in [5, 5.41) is 0. The van der Waals surface area contributed by atoms with Gasteiger partial charge >= 0.3 is 0 Å². The van der Waals surface area contributed by atoms with E-state index in [4.69, 9.17) is 0 Å². The highest BCUT2D eigenvalue weighted by Crippen LogP contribution is 2.11. The van der Waals surface area contributed by atoms with E-state index in [-0.39, 0.29) is 17.6 Å². The van der Waals surface area contributed by atoms with Gasteiger partial charge < -0.3 is 9.80 Å². The van der Waals surface area contributed by atoms with E-state index in [1.54, 1.807) is 6.07 Å². The van der Waals surface area contributed by atoms with Crippen LogP contribution < -0.4 is 0 Å². The molecule has 0 bridgehead atoms. The Morgan fingerprint density at radius 1 is 0.920 bits per heavy atom. The molecule has 6 heteroatoms. The Kier molecular flexibility index (Phi) is 6.02. The van der Waals surface area contributed by atoms with E-state index in [0.29, 0.717) is 32.5 Å². The minimum atomic E-state index is -0.263. The van der Waals surface area contributed by atoms with Crippen LogP contribution in [0.25, 0.3) is 0 Å². The van der Waals surface area contributed by atoms with Crippen LogP contribution in [0.5, 0.6) is 0 Å². The van der Waals surface area contributed by atoms with Crippen LogP contribution >= 0.6 is 0 Å². The van der Waals surface area contributed by atoms with Crippen LogP contribution in [0.15, 0.2) is 24.3 Å². The predicted molar refractivity (Wildman–Crippen MR) is 93.6 cm³/mol. The second-order valence-corrected chi connectivity index (χ2v) is 6.87. The number of aryl methyl sites for hydroxylation is 1. The highest BCUT2D eigenvalue weighted by atomic mass is 19.1. The molecule has 0 radical (unpaired) electrons. The topological polar surface area (TPSA) is 43.9 Å². The van der Waals surface area contributed by atoms with Gasteiger partial charge in [0.1, 0.15) is 5.82 Å². The van der Waals surface area contributed by atoms with Gasteiger partial charge in [-0.25, -0.2) is 4.39 Å². The Labute approximate surface area is 148 Å². The maximum atomic E-state index is 13.2. The van der Waals surface area contributed by atoms with Gasteiger partial charge in [0.15, 0.2) is 0 Å². The third kappa shape index (κ3) is 5.01. The van der Waals surface area contributed by atoms with Crippen molar-refractivity contribution in [2.45, 2.75) is 25.7 Å². The molecule has 5 nitrogen and oxygen atoms in total. The molecular weight excluding hydrogens is 321 g/mol. The first-order valence-corrected chi connectivity index (χ1v) is 9.14. The summed E-state index contributed by atoms with van der Waals surface area (Å²) in [5.41, 5.74) is 0.850. The van der Waals surface area contributed by atoms with E-state index in [9.17, 15) is 14.0 Å². The molecule has 0 atom stereocenters. The summed E-state index contributed by atoms with van der Waals surface area (Å²) in [6, 6.07) is 6.41. The lowest BCUT2D eigenvalue weighted by Crippen LogP contribution is -2.51. The molecule has 0 unspecified atom stereocenters. The molecule has 2 aliphatic heterocycles. The molecule has 2 amide bonds. The van der Waals surface area contributed by atoms with E-state index in [1.165, 1.54) is 12.1 Å². The molecule has 1 aromatic rings. The number of carbonyl (C=O) groups is 2. The fourth-order valence-electron chi connectivity index (χ4n) is 3.52. The monoisotopic (exact) mass is 347 g/mol. The van der Waals surface area contributed by atoms with Crippen molar-refractivity contribution in [1.29, 1.82) is 0 Å². The number of benzene rings is 1. The fraction of sp³-hybridized carbons (Fsp3) is 0.579. The quantitative estimate of drug-likeness (QED) is 0.811. The van der Waals surface area contributed by atoms with Gasteiger partial charge in [-0.1, -0.05) is 12.1 Å². The Bertz CT molecular complexity index is 608. The summed E-state index contributed by atoms with van der Waals surface area (Å²) in [7, 11) is 0. The molecule has 0 N–H and O–H groups in total. The fourth-order valence-corrected chi connectivity index (χ4v) is 3.52. The van der Waals surface area contributed by atoms with Crippen LogP contribution in [0.4, 0.5) is 4.39 Å². The average molecular weight is 347 g/mol. The smallest absolute Gasteiger partial charge is 0.236 e. The Morgan fingerprint density at radius 3 is 2.28 bits per heavy atom. The van der Waals surface area contributed by atoms with Crippen LogP contribution in [0.2, 0.25) is 0 Å². The van der Waals surface area contributed by atoms with E-state index in [0.717, 1.165) is 44.6 Å². The van der Waals surface area contributed by atoms with Crippen molar-refractivity contribution in [3.05, 3.63) is 35.6 Å². The minimum Gasteiger partial charge on any atom is -0.342 e. The van der Waals surface area contributed by atoms with Crippen LogP contribution in [0, 0.1) is 5.82 Å². The number of amides is 2. The van der Waals surface area contributed by atoms with Crippen LogP contribution in [-0.4, -0.2) is 72.3 Å². The summed E-state index contributed by atoms with van der Waals surface area (Å²) in [4.78, 5) is 30.5. The van der Waals surface area contributed by atoms with E-state index >= 15 is 0 Å². The number of halogens is 1. The lowest BCUT2D eigenvalue weighted by molar-refractivity contribution is -0.134. The highest BCUT2D eigenvalue weighted by molar-refractivity contribution is 5.79. The molecule has 0 saturated carbocycles. The van der Waals surface area contributed by atoms with E-state index in [1.807, 2.05) is 15.9 Å². The minimum absolute atomic E-state index is 0.106. The van der Waals surface area contributed by atoms with Crippen LogP contribution in [0.3, 0.4) is 0 Å². The first kappa shape index (κ1) is 17.9. The Morgan fingerprint density at radius 2 is 1.60 bits per heavy atom. The SMILES string of the molecule is O=C(CCc1cccc(F)c1)N1CCN(CC(=O)N2CCCC2)CC1. The van der Waals surface area contributed by atoms with Crippen molar-refractivity contribution in [2.75, 3.05) is 45.8 Å². The molecule has 1 aromatic carbocycles. The number of rotatable bonds is 5. The van der Waals surface area contributed by atoms with Gasteiger partial charge in [0, 0.05) is 45.7 Å². The van der Waals surface area contributed by atoms with Crippen molar-refractivity contribution in [3.63, 3.8) is 0 Å². The first-order valence-electron chi connectivity index (χ1n) is 9.14. The van der Waals surface area contributed by atoms with Crippen molar-refractivity contribution < 1.29 is 14.0 Å². The molecule has 136 valence electrons. The molecule has 2 heterocycles. The van der Waals surface area contributed by atoms with Crippen LogP contribution in [0.1, 0.15) is 24.8 Å². The lowest BCUT2D eigenvalue weighted by atomic mass is 10.1. The second kappa shape index (κ2) is 8.43. The number of hydrogen-bond acceptors (Lipinski definition) is 3. The maximum Gasteiger partial charge on any atom is 0.236 e. The molecule has 25 heavy (non-hydrogen) atoms. The normalized spacial score (nSPS) is 18.6. The summed E-state index contributed by atoms with van der Waals surface area (Å²) in [6.07, 6.45) is 3.18. The number of piperazine rings is 1. The lowest BCUT2D eigenvalue weighted by Gasteiger charge is -2.35. The van der Waals surface area contributed by atoms with Gasteiger partial charge in [-0.2, -0.15) is 0 Å². The highest BCUT2D eigenvalue weighted by Gasteiger charge is 2.25. The van der Waals surface area contributed by atoms with Gasteiger partial charge in [0.2, 0.25) is 11.8 Å². The van der Waals surface area contributed by atoms with E-state index in [2.05, 4.69) is 4.90 Å². The Balaban J connectivity index is 1.39. The summed E-state index contributed by atoms with van der Waals surface area (Å²) in [6.45, 7) is 5.04. The number of likely N-dealkylation sites (tertiary alicyclic amines) is 1. The molecule has 2 aliphatic rings. The molecule has 0 spiro atoms. The average Bonchev–Trinajstić information content (AvgIpc) is 3.15. The maximum absolute atomic E-state index is 13.2. The summed E-state index contributed by atoms with van der Waals surface area (Å²) < 4.78 is 13.2. The largest absolute Gasteiger partial charge is 0.342 e. The van der Waals surface area contributed by atoms with Gasteiger partial charge in [0.25, 0.3) is 0 Å². The van der Waals surface area contributed by atoms with Gasteiger partial charge in [-0.05, 0) is 37.0 Å². The van der Waals surface area contributed by atoms with E-state index < -0.39 is 0 Å². The molecule has 0 aliphatic carbocycles. The molecule has 3 rings (SSSR count).